The molecule has 0 unspecified atom stereocenters. The molecule has 0 radical (unpaired) electrons. The van der Waals surface area contributed by atoms with Crippen molar-refractivity contribution in [2.24, 2.45) is 5.73 Å². The van der Waals surface area contributed by atoms with E-state index >= 15 is 0 Å². The maximum Gasteiger partial charge on any atom is 0.427 e. The lowest BCUT2D eigenvalue weighted by molar-refractivity contribution is 0.205. The Bertz CT molecular complexity index is 149. The van der Waals surface area contributed by atoms with Gasteiger partial charge in [-0.1, -0.05) is 0 Å². The third-order valence-electron chi connectivity index (χ3n) is 2.51. The van der Waals surface area contributed by atoms with Gasteiger partial charge in [-0.05, 0) is 19.4 Å². The zero-order valence-corrected chi connectivity index (χ0v) is 9.58. The van der Waals surface area contributed by atoms with Crippen molar-refractivity contribution in [2.45, 2.75) is 18.9 Å². The van der Waals surface area contributed by atoms with Gasteiger partial charge in [0.1, 0.15) is 0 Å². The summed E-state index contributed by atoms with van der Waals surface area (Å²) in [5.41, 5.74) is 5.45. The van der Waals surface area contributed by atoms with Crippen LogP contribution in [0.4, 0.5) is 0 Å². The average Bonchev–Trinajstić information content (AvgIpc) is 2.97. The molecule has 1 rings (SSSR count). The van der Waals surface area contributed by atoms with Crippen LogP contribution in [0.2, 0.25) is 6.04 Å². The van der Waals surface area contributed by atoms with E-state index in [-0.39, 0.29) is 0 Å². The van der Waals surface area contributed by atoms with E-state index in [1.165, 1.54) is 0 Å². The van der Waals surface area contributed by atoms with Crippen LogP contribution >= 0.6 is 0 Å². The summed E-state index contributed by atoms with van der Waals surface area (Å²) < 4.78 is 13.4. The Balaban J connectivity index is 2.35. The van der Waals surface area contributed by atoms with Crippen LogP contribution in [0.1, 0.15) is 12.8 Å². The lowest BCUT2D eigenvalue weighted by Crippen LogP contribution is -2.48. The molecule has 0 aromatic heterocycles. The van der Waals surface area contributed by atoms with Gasteiger partial charge in [0.05, 0.1) is 0 Å². The highest BCUT2D eigenvalue weighted by atomic mass is 28.4. The first-order valence-electron chi connectivity index (χ1n) is 4.84. The van der Waals surface area contributed by atoms with Crippen LogP contribution in [-0.2, 0) is 8.85 Å². The number of rotatable bonds is 7. The van der Waals surface area contributed by atoms with Crippen LogP contribution in [0.3, 0.4) is 0 Å². The van der Waals surface area contributed by atoms with Crippen LogP contribution in [0.15, 0.2) is 0 Å². The van der Waals surface area contributed by atoms with E-state index in [1.54, 1.807) is 14.2 Å². The van der Waals surface area contributed by atoms with Crippen LogP contribution in [-0.4, -0.2) is 47.1 Å². The Morgan fingerprint density at radius 2 is 1.85 bits per heavy atom. The Kier molecular flexibility index (Phi) is 4.34. The second kappa shape index (κ2) is 5.07. The van der Waals surface area contributed by atoms with E-state index in [9.17, 15) is 0 Å². The predicted molar refractivity (Wildman–Crippen MR) is 54.4 cm³/mol. The average molecular weight is 204 g/mol. The smallest absolute Gasteiger partial charge is 0.386 e. The number of nitrogens with zero attached hydrogens (tertiary/aromatic N) is 1. The third-order valence-corrected chi connectivity index (χ3v) is 6.19. The Morgan fingerprint density at radius 1 is 1.23 bits per heavy atom. The molecule has 0 atom stereocenters. The quantitative estimate of drug-likeness (QED) is 0.367. The fraction of sp³-hybridized carbons (Fsp3) is 1.00. The van der Waals surface area contributed by atoms with Gasteiger partial charge in [-0.15, -0.1) is 0 Å². The van der Waals surface area contributed by atoms with Crippen molar-refractivity contribution in [3.63, 3.8) is 0 Å². The summed E-state index contributed by atoms with van der Waals surface area (Å²) in [6.07, 6.45) is 2.18. The first-order chi connectivity index (χ1) is 6.29. The van der Waals surface area contributed by atoms with Gasteiger partial charge >= 0.3 is 8.72 Å². The lowest BCUT2D eigenvalue weighted by atomic mass is 10.3. The molecule has 0 aromatic carbocycles. The standard InChI is InChI=1S/C8H20N2O2Si/c1-11-13(12-2,10-6-7-10)8-4-3-5-9/h3-9H2,1-2H3. The topological polar surface area (TPSA) is 47.5 Å². The van der Waals surface area contributed by atoms with Crippen molar-refractivity contribution in [3.8, 4) is 0 Å². The molecule has 1 aliphatic rings. The maximum atomic E-state index is 5.56. The fourth-order valence-electron chi connectivity index (χ4n) is 1.59. The molecule has 1 saturated heterocycles. The molecule has 0 amide bonds. The molecular weight excluding hydrogens is 184 g/mol. The summed E-state index contributed by atoms with van der Waals surface area (Å²) in [6, 6.07) is 1.04. The Labute approximate surface area is 81.3 Å². The summed E-state index contributed by atoms with van der Waals surface area (Å²) in [6.45, 7) is 3.03. The lowest BCUT2D eigenvalue weighted by Gasteiger charge is -2.27. The van der Waals surface area contributed by atoms with Crippen molar-refractivity contribution >= 4 is 8.72 Å². The van der Waals surface area contributed by atoms with E-state index in [1.807, 2.05) is 0 Å². The molecule has 0 aromatic rings. The molecule has 2 N–H and O–H groups in total. The van der Waals surface area contributed by atoms with Crippen molar-refractivity contribution in [1.82, 2.24) is 4.57 Å². The molecule has 5 heteroatoms. The van der Waals surface area contributed by atoms with Crippen molar-refractivity contribution in [2.75, 3.05) is 33.9 Å². The molecule has 0 aliphatic carbocycles. The molecule has 13 heavy (non-hydrogen) atoms. The van der Waals surface area contributed by atoms with Gasteiger partial charge in [0, 0.05) is 33.4 Å². The van der Waals surface area contributed by atoms with Gasteiger partial charge in [0.25, 0.3) is 0 Å². The maximum absolute atomic E-state index is 5.56. The number of hydrogen-bond acceptors (Lipinski definition) is 4. The minimum Gasteiger partial charge on any atom is -0.386 e. The highest BCUT2D eigenvalue weighted by Crippen LogP contribution is 2.25. The van der Waals surface area contributed by atoms with Gasteiger partial charge < -0.3 is 14.6 Å². The summed E-state index contributed by atoms with van der Waals surface area (Å²) in [5, 5.41) is 0. The molecular formula is C8H20N2O2Si. The molecule has 4 nitrogen and oxygen atoms in total. The zero-order valence-electron chi connectivity index (χ0n) is 8.58. The van der Waals surface area contributed by atoms with E-state index in [2.05, 4.69) is 4.57 Å². The first-order valence-corrected chi connectivity index (χ1v) is 6.81. The number of hydrogen-bond donors (Lipinski definition) is 1. The summed E-state index contributed by atoms with van der Waals surface area (Å²) in [4.78, 5) is 0. The van der Waals surface area contributed by atoms with Gasteiger partial charge in [-0.25, -0.2) is 0 Å². The minimum absolute atomic E-state index is 0.762. The third kappa shape index (κ3) is 2.75. The van der Waals surface area contributed by atoms with Crippen LogP contribution in [0, 0.1) is 0 Å². The molecule has 0 spiro atoms. The van der Waals surface area contributed by atoms with E-state index in [0.29, 0.717) is 0 Å². The van der Waals surface area contributed by atoms with Crippen molar-refractivity contribution < 1.29 is 8.85 Å². The van der Waals surface area contributed by atoms with Crippen LogP contribution < -0.4 is 5.73 Å². The number of unbranched alkanes of at least 4 members (excludes halogenated alkanes) is 1. The van der Waals surface area contributed by atoms with Crippen molar-refractivity contribution in [1.29, 1.82) is 0 Å². The SMILES string of the molecule is CO[Si](CCCCN)(OC)N1CC1. The van der Waals surface area contributed by atoms with E-state index in [0.717, 1.165) is 38.5 Å². The van der Waals surface area contributed by atoms with Gasteiger partial charge in [0.2, 0.25) is 0 Å². The molecule has 1 aliphatic heterocycles. The molecule has 0 saturated carbocycles. The summed E-state index contributed by atoms with van der Waals surface area (Å²) in [5.74, 6) is 0. The predicted octanol–water partition coefficient (Wildman–Crippen LogP) is 0.273. The van der Waals surface area contributed by atoms with Gasteiger partial charge in [-0.3, -0.25) is 4.57 Å². The molecule has 0 bridgehead atoms. The Morgan fingerprint density at radius 3 is 2.23 bits per heavy atom. The normalized spacial score (nSPS) is 17.8. The van der Waals surface area contributed by atoms with Gasteiger partial charge in [-0.2, -0.15) is 0 Å². The van der Waals surface area contributed by atoms with E-state index in [4.69, 9.17) is 14.6 Å². The van der Waals surface area contributed by atoms with Gasteiger partial charge in [0.15, 0.2) is 0 Å². The second-order valence-electron chi connectivity index (χ2n) is 3.35. The largest absolute Gasteiger partial charge is 0.427 e. The number of nitrogens with two attached hydrogens (primary N) is 1. The Hall–Kier alpha value is 0.0569. The molecule has 78 valence electrons. The summed E-state index contributed by atoms with van der Waals surface area (Å²) in [7, 11) is 1.55. The highest BCUT2D eigenvalue weighted by molar-refractivity contribution is 6.65. The van der Waals surface area contributed by atoms with Crippen molar-refractivity contribution in [3.05, 3.63) is 0 Å². The second-order valence-corrected chi connectivity index (χ2v) is 6.73. The van der Waals surface area contributed by atoms with Crippen LogP contribution in [0.5, 0.6) is 0 Å². The summed E-state index contributed by atoms with van der Waals surface area (Å²) >= 11 is 0. The van der Waals surface area contributed by atoms with E-state index < -0.39 is 8.72 Å². The fourth-order valence-corrected chi connectivity index (χ4v) is 4.47. The monoisotopic (exact) mass is 204 g/mol. The first kappa shape index (κ1) is 11.1. The minimum atomic E-state index is -1.97. The highest BCUT2D eigenvalue weighted by Gasteiger charge is 2.48. The molecule has 1 fully saturated rings. The van der Waals surface area contributed by atoms with Crippen LogP contribution in [0.25, 0.3) is 0 Å². The zero-order chi connectivity index (χ0) is 9.73. The molecule has 1 heterocycles.